The van der Waals surface area contributed by atoms with Crippen LogP contribution in [0.25, 0.3) is 0 Å². The molecular weight excluding hydrogens is 336 g/mol. The second kappa shape index (κ2) is 7.99. The molecule has 0 aromatic carbocycles. The highest BCUT2D eigenvalue weighted by Crippen LogP contribution is 2.27. The number of hydrogen-bond donors (Lipinski definition) is 1. The Morgan fingerprint density at radius 1 is 1.19 bits per heavy atom. The van der Waals surface area contributed by atoms with Crippen LogP contribution in [0.4, 0.5) is 0 Å². The van der Waals surface area contributed by atoms with Crippen LogP contribution in [0.2, 0.25) is 0 Å². The SMILES string of the molecule is COc1nccnc1OC1CCC(NC(=O)c2cccn(C)c2=O)CC1. The summed E-state index contributed by atoms with van der Waals surface area (Å²) in [5.41, 5.74) is -0.130. The molecule has 1 amide bonds. The minimum Gasteiger partial charge on any atom is -0.477 e. The molecule has 2 aromatic rings. The van der Waals surface area contributed by atoms with E-state index in [2.05, 4.69) is 15.3 Å². The van der Waals surface area contributed by atoms with Gasteiger partial charge in [-0.3, -0.25) is 9.59 Å². The highest BCUT2D eigenvalue weighted by atomic mass is 16.5. The van der Waals surface area contributed by atoms with Gasteiger partial charge in [0.2, 0.25) is 0 Å². The molecule has 1 aliphatic carbocycles. The van der Waals surface area contributed by atoms with Gasteiger partial charge in [-0.05, 0) is 37.8 Å². The highest BCUT2D eigenvalue weighted by molar-refractivity contribution is 5.93. The molecule has 2 heterocycles. The maximum atomic E-state index is 12.4. The van der Waals surface area contributed by atoms with E-state index in [4.69, 9.17) is 9.47 Å². The van der Waals surface area contributed by atoms with Crippen molar-refractivity contribution < 1.29 is 14.3 Å². The van der Waals surface area contributed by atoms with E-state index in [1.165, 1.54) is 11.7 Å². The lowest BCUT2D eigenvalue weighted by molar-refractivity contribution is 0.0884. The van der Waals surface area contributed by atoms with Gasteiger partial charge in [0.15, 0.2) is 0 Å². The summed E-state index contributed by atoms with van der Waals surface area (Å²) >= 11 is 0. The molecule has 0 bridgehead atoms. The van der Waals surface area contributed by atoms with E-state index in [1.807, 2.05) is 0 Å². The molecule has 0 atom stereocenters. The fraction of sp³-hybridized carbons (Fsp3) is 0.444. The van der Waals surface area contributed by atoms with Gasteiger partial charge < -0.3 is 19.4 Å². The second-order valence-electron chi connectivity index (χ2n) is 6.27. The predicted molar refractivity (Wildman–Crippen MR) is 94.4 cm³/mol. The maximum Gasteiger partial charge on any atom is 0.278 e. The normalized spacial score (nSPS) is 19.6. The van der Waals surface area contributed by atoms with Gasteiger partial charge in [0.25, 0.3) is 23.2 Å². The molecular formula is C18H22N4O4. The third-order valence-corrected chi connectivity index (χ3v) is 4.48. The number of carbonyl (C=O) groups is 1. The van der Waals surface area contributed by atoms with Crippen LogP contribution < -0.4 is 20.3 Å². The zero-order valence-electron chi connectivity index (χ0n) is 14.8. The zero-order chi connectivity index (χ0) is 18.5. The molecule has 1 N–H and O–H groups in total. The third kappa shape index (κ3) is 4.01. The second-order valence-corrected chi connectivity index (χ2v) is 6.27. The lowest BCUT2D eigenvalue weighted by atomic mass is 9.92. The molecule has 0 saturated heterocycles. The summed E-state index contributed by atoms with van der Waals surface area (Å²) in [6.45, 7) is 0. The molecule has 0 radical (unpaired) electrons. The van der Waals surface area contributed by atoms with Gasteiger partial charge in [0.05, 0.1) is 7.11 Å². The number of pyridine rings is 1. The van der Waals surface area contributed by atoms with Crippen molar-refractivity contribution in [3.05, 3.63) is 46.6 Å². The first kappa shape index (κ1) is 17.9. The molecule has 8 heteroatoms. The lowest BCUT2D eigenvalue weighted by Gasteiger charge is -2.29. The fourth-order valence-electron chi connectivity index (χ4n) is 3.05. The van der Waals surface area contributed by atoms with E-state index in [1.54, 1.807) is 37.8 Å². The number of nitrogens with zero attached hydrogens (tertiary/aromatic N) is 3. The molecule has 1 saturated carbocycles. The van der Waals surface area contributed by atoms with Crippen LogP contribution in [0.5, 0.6) is 11.8 Å². The molecule has 1 aliphatic rings. The fourth-order valence-corrected chi connectivity index (χ4v) is 3.05. The molecule has 3 rings (SSSR count). The Bertz CT molecular complexity index is 828. The van der Waals surface area contributed by atoms with Crippen molar-refractivity contribution in [1.82, 2.24) is 19.9 Å². The molecule has 26 heavy (non-hydrogen) atoms. The van der Waals surface area contributed by atoms with Crippen LogP contribution in [0.3, 0.4) is 0 Å². The summed E-state index contributed by atoms with van der Waals surface area (Å²) in [7, 11) is 3.15. The highest BCUT2D eigenvalue weighted by Gasteiger charge is 2.26. The average molecular weight is 358 g/mol. The Morgan fingerprint density at radius 2 is 1.88 bits per heavy atom. The lowest BCUT2D eigenvalue weighted by Crippen LogP contribution is -2.41. The minimum atomic E-state index is -0.328. The van der Waals surface area contributed by atoms with Crippen LogP contribution in [0, 0.1) is 0 Å². The summed E-state index contributed by atoms with van der Waals surface area (Å²) in [5.74, 6) is 0.421. The molecule has 8 nitrogen and oxygen atoms in total. The average Bonchev–Trinajstić information content (AvgIpc) is 2.66. The van der Waals surface area contributed by atoms with E-state index < -0.39 is 0 Å². The number of ether oxygens (including phenoxy) is 2. The monoisotopic (exact) mass is 358 g/mol. The van der Waals surface area contributed by atoms with Gasteiger partial charge in [-0.15, -0.1) is 0 Å². The van der Waals surface area contributed by atoms with Crippen LogP contribution in [-0.4, -0.2) is 39.7 Å². The molecule has 2 aromatic heterocycles. The number of rotatable bonds is 5. The van der Waals surface area contributed by atoms with Crippen molar-refractivity contribution in [1.29, 1.82) is 0 Å². The van der Waals surface area contributed by atoms with E-state index in [0.717, 1.165) is 25.7 Å². The molecule has 0 aliphatic heterocycles. The summed E-state index contributed by atoms with van der Waals surface area (Å²) in [4.78, 5) is 32.6. The van der Waals surface area contributed by atoms with Crippen molar-refractivity contribution in [2.75, 3.05) is 7.11 Å². The van der Waals surface area contributed by atoms with Gasteiger partial charge >= 0.3 is 0 Å². The number of amides is 1. The number of aromatic nitrogens is 3. The van der Waals surface area contributed by atoms with Crippen molar-refractivity contribution in [2.45, 2.75) is 37.8 Å². The van der Waals surface area contributed by atoms with E-state index in [0.29, 0.717) is 11.8 Å². The standard InChI is InChI=1S/C18H22N4O4/c1-22-11-3-4-14(18(22)24)15(23)21-12-5-7-13(8-6-12)26-17-16(25-2)19-9-10-20-17/h3-4,9-13H,5-8H2,1-2H3,(H,21,23). The zero-order valence-corrected chi connectivity index (χ0v) is 14.8. The first-order valence-electron chi connectivity index (χ1n) is 8.56. The first-order valence-corrected chi connectivity index (χ1v) is 8.56. The quantitative estimate of drug-likeness (QED) is 0.866. The van der Waals surface area contributed by atoms with Gasteiger partial charge in [0, 0.05) is 31.7 Å². The number of carbonyl (C=O) groups excluding carboxylic acids is 1. The molecule has 1 fully saturated rings. The van der Waals surface area contributed by atoms with Crippen molar-refractivity contribution in [3.63, 3.8) is 0 Å². The van der Waals surface area contributed by atoms with Crippen LogP contribution in [0.15, 0.2) is 35.5 Å². The number of hydrogen-bond acceptors (Lipinski definition) is 6. The Balaban J connectivity index is 1.55. The Hall–Kier alpha value is -2.90. The maximum absolute atomic E-state index is 12.4. The van der Waals surface area contributed by atoms with Gasteiger partial charge in [0.1, 0.15) is 11.7 Å². The van der Waals surface area contributed by atoms with E-state index in [-0.39, 0.29) is 29.2 Å². The Kier molecular flexibility index (Phi) is 5.50. The van der Waals surface area contributed by atoms with Crippen LogP contribution in [-0.2, 0) is 7.05 Å². The number of aryl methyl sites for hydroxylation is 1. The van der Waals surface area contributed by atoms with Gasteiger partial charge in [-0.2, -0.15) is 0 Å². The van der Waals surface area contributed by atoms with Crippen molar-refractivity contribution >= 4 is 5.91 Å². The minimum absolute atomic E-state index is 0.00153. The van der Waals surface area contributed by atoms with Crippen molar-refractivity contribution in [2.24, 2.45) is 7.05 Å². The predicted octanol–water partition coefficient (Wildman–Crippen LogP) is 1.30. The van der Waals surface area contributed by atoms with Crippen LogP contribution >= 0.6 is 0 Å². The Labute approximate surface area is 151 Å². The largest absolute Gasteiger partial charge is 0.477 e. The van der Waals surface area contributed by atoms with E-state index >= 15 is 0 Å². The summed E-state index contributed by atoms with van der Waals surface area (Å²) in [6, 6.07) is 3.26. The number of nitrogens with one attached hydrogen (secondary N) is 1. The third-order valence-electron chi connectivity index (χ3n) is 4.48. The molecule has 0 spiro atoms. The molecule has 138 valence electrons. The van der Waals surface area contributed by atoms with E-state index in [9.17, 15) is 9.59 Å². The number of methoxy groups -OCH3 is 1. The van der Waals surface area contributed by atoms with Gasteiger partial charge in [-0.1, -0.05) is 0 Å². The van der Waals surface area contributed by atoms with Crippen LogP contribution in [0.1, 0.15) is 36.0 Å². The first-order chi connectivity index (χ1) is 12.6. The summed E-state index contributed by atoms with van der Waals surface area (Å²) in [5, 5.41) is 2.95. The summed E-state index contributed by atoms with van der Waals surface area (Å²) < 4.78 is 12.4. The Morgan fingerprint density at radius 3 is 2.58 bits per heavy atom. The topological polar surface area (TPSA) is 95.3 Å². The van der Waals surface area contributed by atoms with Crippen molar-refractivity contribution in [3.8, 4) is 11.8 Å². The summed E-state index contributed by atoms with van der Waals surface area (Å²) in [6.07, 6.45) is 7.82. The van der Waals surface area contributed by atoms with Gasteiger partial charge in [-0.25, -0.2) is 9.97 Å². The molecule has 0 unspecified atom stereocenters. The smallest absolute Gasteiger partial charge is 0.278 e.